The molecule has 0 bridgehead atoms. The molecule has 1 N–H and O–H groups in total. The van der Waals surface area contributed by atoms with E-state index in [1.807, 2.05) is 50.2 Å². The summed E-state index contributed by atoms with van der Waals surface area (Å²) < 4.78 is 8.25. The van der Waals surface area contributed by atoms with Crippen LogP contribution in [-0.4, -0.2) is 26.3 Å². The van der Waals surface area contributed by atoms with Crippen molar-refractivity contribution >= 4 is 34.0 Å². The Bertz CT molecular complexity index is 1120. The van der Waals surface area contributed by atoms with Crippen LogP contribution in [0.3, 0.4) is 0 Å². The normalized spacial score (nSPS) is 11.0. The molecule has 0 unspecified atom stereocenters. The molecule has 3 heterocycles. The minimum Gasteiger partial charge on any atom is -0.467 e. The van der Waals surface area contributed by atoms with Gasteiger partial charge in [0.25, 0.3) is 0 Å². The minimum absolute atomic E-state index is 0.104. The van der Waals surface area contributed by atoms with E-state index in [1.54, 1.807) is 6.26 Å². The number of nitrogens with one attached hydrogen (secondary N) is 1. The number of aryl methyl sites for hydroxylation is 1. The number of carbonyl (C=O) groups excluding carboxylic acids is 1. The van der Waals surface area contributed by atoms with Crippen LogP contribution in [0.4, 0.5) is 5.13 Å². The van der Waals surface area contributed by atoms with Crippen LogP contribution in [0.5, 0.6) is 0 Å². The van der Waals surface area contributed by atoms with Crippen LogP contribution >= 0.6 is 23.1 Å². The molecule has 0 aliphatic heterocycles. The lowest BCUT2D eigenvalue weighted by Crippen LogP contribution is -2.07. The third kappa shape index (κ3) is 4.83. The Morgan fingerprint density at radius 2 is 2.00 bits per heavy atom. The van der Waals surface area contributed by atoms with E-state index in [0.717, 1.165) is 33.6 Å². The van der Waals surface area contributed by atoms with Gasteiger partial charge in [-0.05, 0) is 37.6 Å². The number of carbonyl (C=O) groups is 1. The highest BCUT2D eigenvalue weighted by molar-refractivity contribution is 8.01. The largest absolute Gasteiger partial charge is 0.467 e. The summed E-state index contributed by atoms with van der Waals surface area (Å²) in [5.41, 5.74) is 4.08. The topological polar surface area (TPSA) is 73.0 Å². The van der Waals surface area contributed by atoms with E-state index in [9.17, 15) is 4.79 Å². The summed E-state index contributed by atoms with van der Waals surface area (Å²) in [6, 6.07) is 16.0. The van der Waals surface area contributed by atoms with E-state index in [2.05, 4.69) is 32.2 Å². The first-order valence-electron chi connectivity index (χ1n) is 9.56. The van der Waals surface area contributed by atoms with Gasteiger partial charge in [-0.2, -0.15) is 0 Å². The van der Waals surface area contributed by atoms with Crippen molar-refractivity contribution in [2.24, 2.45) is 0 Å². The van der Waals surface area contributed by atoms with Crippen LogP contribution in [0.1, 0.15) is 33.1 Å². The average Bonchev–Trinajstić information content (AvgIpc) is 3.49. The number of benzene rings is 1. The Morgan fingerprint density at radius 3 is 2.77 bits per heavy atom. The van der Waals surface area contributed by atoms with Crippen LogP contribution in [-0.2, 0) is 13.1 Å². The smallest absolute Gasteiger partial charge is 0.206 e. The number of hydrogen-bond donors (Lipinski definition) is 1. The predicted molar refractivity (Wildman–Crippen MR) is 120 cm³/mol. The lowest BCUT2D eigenvalue weighted by atomic mass is 10.2. The van der Waals surface area contributed by atoms with Crippen LogP contribution < -0.4 is 5.32 Å². The van der Waals surface area contributed by atoms with E-state index in [1.165, 1.54) is 28.7 Å². The zero-order valence-corrected chi connectivity index (χ0v) is 18.4. The number of anilines is 1. The second-order valence-electron chi connectivity index (χ2n) is 6.87. The summed E-state index contributed by atoms with van der Waals surface area (Å²) in [4.78, 5) is 12.8. The van der Waals surface area contributed by atoms with E-state index in [4.69, 9.17) is 4.42 Å². The lowest BCUT2D eigenvalue weighted by Gasteiger charge is -2.09. The summed E-state index contributed by atoms with van der Waals surface area (Å²) in [7, 11) is 0. The number of ketones is 1. The Kier molecular flexibility index (Phi) is 6.35. The molecule has 0 atom stereocenters. The Balaban J connectivity index is 1.36. The van der Waals surface area contributed by atoms with Gasteiger partial charge in [0, 0.05) is 23.5 Å². The van der Waals surface area contributed by atoms with Crippen molar-refractivity contribution in [2.75, 3.05) is 11.1 Å². The number of aromatic nitrogens is 3. The van der Waals surface area contributed by atoms with Gasteiger partial charge >= 0.3 is 0 Å². The number of thioether (sulfide) groups is 1. The second kappa shape index (κ2) is 9.32. The molecule has 30 heavy (non-hydrogen) atoms. The molecule has 8 heteroatoms. The number of Topliss-reactive ketones (excluding diaryl/α,β-unsaturated/α-hetero) is 1. The van der Waals surface area contributed by atoms with Gasteiger partial charge in [-0.1, -0.05) is 53.4 Å². The molecule has 154 valence electrons. The second-order valence-corrected chi connectivity index (χ2v) is 9.07. The highest BCUT2D eigenvalue weighted by Gasteiger charge is 2.17. The monoisotopic (exact) mass is 438 g/mol. The number of furan rings is 1. The van der Waals surface area contributed by atoms with Crippen molar-refractivity contribution in [3.05, 3.63) is 83.1 Å². The Labute approximate surface area is 183 Å². The van der Waals surface area contributed by atoms with Gasteiger partial charge in [0.15, 0.2) is 10.1 Å². The molecule has 0 aliphatic rings. The highest BCUT2D eigenvalue weighted by atomic mass is 32.2. The lowest BCUT2D eigenvalue weighted by molar-refractivity contribution is 0.102. The summed E-state index contributed by atoms with van der Waals surface area (Å²) in [5, 5.41) is 12.2. The Hall–Kier alpha value is -2.84. The van der Waals surface area contributed by atoms with Gasteiger partial charge in [0.05, 0.1) is 18.6 Å². The number of nitrogens with zero attached hydrogens (tertiary/aromatic N) is 3. The predicted octanol–water partition coefficient (Wildman–Crippen LogP) is 5.18. The molecule has 6 nitrogen and oxygen atoms in total. The molecule has 0 amide bonds. The first kappa shape index (κ1) is 20.4. The third-order valence-corrected chi connectivity index (χ3v) is 6.80. The molecule has 0 aliphatic carbocycles. The average molecular weight is 439 g/mol. The zero-order valence-electron chi connectivity index (χ0n) is 16.8. The van der Waals surface area contributed by atoms with E-state index in [0.29, 0.717) is 17.4 Å². The molecule has 0 saturated carbocycles. The molecule has 4 aromatic rings. The molecule has 3 aromatic heterocycles. The first-order valence-corrected chi connectivity index (χ1v) is 11.4. The summed E-state index contributed by atoms with van der Waals surface area (Å²) in [5.74, 6) is 1.27. The maximum Gasteiger partial charge on any atom is 0.206 e. The summed E-state index contributed by atoms with van der Waals surface area (Å²) in [6.07, 6.45) is 1.64. The number of hydrogen-bond acceptors (Lipinski definition) is 7. The maximum absolute atomic E-state index is 12.8. The fourth-order valence-corrected chi connectivity index (χ4v) is 4.84. The molecule has 0 radical (unpaired) electrons. The van der Waals surface area contributed by atoms with Crippen molar-refractivity contribution in [2.45, 2.75) is 31.3 Å². The third-order valence-electron chi connectivity index (χ3n) is 4.78. The van der Waals surface area contributed by atoms with Crippen LogP contribution in [0, 0.1) is 13.8 Å². The first-order chi connectivity index (χ1) is 14.6. The van der Waals surface area contributed by atoms with Crippen LogP contribution in [0.15, 0.2) is 63.6 Å². The van der Waals surface area contributed by atoms with Gasteiger partial charge < -0.3 is 14.3 Å². The maximum atomic E-state index is 12.8. The van der Waals surface area contributed by atoms with Gasteiger partial charge in [-0.15, -0.1) is 10.2 Å². The van der Waals surface area contributed by atoms with Gasteiger partial charge in [-0.3, -0.25) is 4.79 Å². The van der Waals surface area contributed by atoms with Crippen LogP contribution in [0.25, 0.3) is 0 Å². The quantitative estimate of drug-likeness (QED) is 0.287. The molecule has 4 rings (SSSR count). The fourth-order valence-electron chi connectivity index (χ4n) is 3.21. The van der Waals surface area contributed by atoms with Crippen molar-refractivity contribution < 1.29 is 9.21 Å². The van der Waals surface area contributed by atoms with Crippen LogP contribution in [0.2, 0.25) is 0 Å². The molecular weight excluding hydrogens is 416 g/mol. The Morgan fingerprint density at radius 1 is 1.17 bits per heavy atom. The van der Waals surface area contributed by atoms with Gasteiger partial charge in [0.2, 0.25) is 5.13 Å². The standard InChI is InChI=1S/C22H22N4O2S2/c1-15-11-19(16(2)26(15)13-17-7-4-3-5-8-17)20(27)14-29-22-25-24-21(30-22)23-12-18-9-6-10-28-18/h3-11H,12-14H2,1-2H3,(H,23,24). The molecule has 0 spiro atoms. The molecule has 0 saturated heterocycles. The fraction of sp³-hybridized carbons (Fsp3) is 0.227. The van der Waals surface area contributed by atoms with Crippen molar-refractivity contribution in [1.82, 2.24) is 14.8 Å². The van der Waals surface area contributed by atoms with E-state index in [-0.39, 0.29) is 5.78 Å². The van der Waals surface area contributed by atoms with Gasteiger partial charge in [0.1, 0.15) is 5.76 Å². The highest BCUT2D eigenvalue weighted by Crippen LogP contribution is 2.27. The molecule has 0 fully saturated rings. The van der Waals surface area contributed by atoms with E-state index >= 15 is 0 Å². The summed E-state index contributed by atoms with van der Waals surface area (Å²) in [6.45, 7) is 5.37. The summed E-state index contributed by atoms with van der Waals surface area (Å²) >= 11 is 2.85. The van der Waals surface area contributed by atoms with E-state index < -0.39 is 0 Å². The molecular formula is C22H22N4O2S2. The molecule has 1 aromatic carbocycles. The zero-order chi connectivity index (χ0) is 20.9. The minimum atomic E-state index is 0.104. The van der Waals surface area contributed by atoms with Crippen molar-refractivity contribution in [1.29, 1.82) is 0 Å². The van der Waals surface area contributed by atoms with Crippen molar-refractivity contribution in [3.63, 3.8) is 0 Å². The number of rotatable bonds is 9. The van der Waals surface area contributed by atoms with Crippen molar-refractivity contribution in [3.8, 4) is 0 Å². The SMILES string of the molecule is Cc1cc(C(=O)CSc2nnc(NCc3ccco3)s2)c(C)n1Cc1ccccc1. The van der Waals surface area contributed by atoms with Gasteiger partial charge in [-0.25, -0.2) is 0 Å².